The molecule has 4 rings (SSSR count). The fraction of sp³-hybridized carbons (Fsp3) is 0.333. The number of aromatic nitrogens is 3. The van der Waals surface area contributed by atoms with Gasteiger partial charge in [0.05, 0.1) is 34.0 Å². The molecule has 4 N–H and O–H groups in total. The summed E-state index contributed by atoms with van der Waals surface area (Å²) in [5.41, 5.74) is 9.14. The number of aliphatic imine (C=N–C) groups is 1. The third kappa shape index (κ3) is 4.89. The van der Waals surface area contributed by atoms with E-state index in [2.05, 4.69) is 25.6 Å². The highest BCUT2D eigenvalue weighted by Crippen LogP contribution is 2.30. The lowest BCUT2D eigenvalue weighted by Gasteiger charge is -2.23. The summed E-state index contributed by atoms with van der Waals surface area (Å²) in [4.78, 5) is 17.9. The molecule has 3 aromatic rings. The summed E-state index contributed by atoms with van der Waals surface area (Å²) in [7, 11) is 0. The summed E-state index contributed by atoms with van der Waals surface area (Å²) >= 11 is 1.66. The molecule has 1 aliphatic carbocycles. The highest BCUT2D eigenvalue weighted by Gasteiger charge is 2.17. The fourth-order valence-electron chi connectivity index (χ4n) is 3.46. The van der Waals surface area contributed by atoms with Crippen LogP contribution in [0.3, 0.4) is 0 Å². The van der Waals surface area contributed by atoms with Crippen LogP contribution < -0.4 is 16.4 Å². The lowest BCUT2D eigenvalue weighted by Crippen LogP contribution is -2.23. The number of nitrogens with one attached hydrogen (secondary N) is 2. The number of hydrogen-bond donors (Lipinski definition) is 3. The topological polar surface area (TPSA) is 101 Å². The van der Waals surface area contributed by atoms with Crippen LogP contribution >= 0.6 is 11.3 Å². The van der Waals surface area contributed by atoms with Crippen molar-refractivity contribution in [1.29, 1.82) is 0 Å². The zero-order valence-corrected chi connectivity index (χ0v) is 17.2. The number of rotatable bonds is 6. The predicted molar refractivity (Wildman–Crippen MR) is 121 cm³/mol. The van der Waals surface area contributed by atoms with Gasteiger partial charge in [0.1, 0.15) is 5.82 Å². The van der Waals surface area contributed by atoms with Crippen molar-refractivity contribution in [2.24, 2.45) is 10.7 Å². The Labute approximate surface area is 174 Å². The Balaban J connectivity index is 1.54. The average molecular weight is 408 g/mol. The van der Waals surface area contributed by atoms with E-state index in [0.717, 1.165) is 27.3 Å². The van der Waals surface area contributed by atoms with Crippen molar-refractivity contribution in [2.45, 2.75) is 45.1 Å². The number of pyridine rings is 1. The van der Waals surface area contributed by atoms with Gasteiger partial charge in [0.2, 0.25) is 5.95 Å². The van der Waals surface area contributed by atoms with Crippen molar-refractivity contribution in [3.63, 3.8) is 0 Å². The number of thiophene rings is 1. The number of nitrogens with zero attached hydrogens (tertiary/aromatic N) is 4. The van der Waals surface area contributed by atoms with Gasteiger partial charge < -0.3 is 16.4 Å². The molecule has 0 saturated heterocycles. The maximum absolute atomic E-state index is 5.79. The molecule has 29 heavy (non-hydrogen) atoms. The van der Waals surface area contributed by atoms with Crippen LogP contribution in [0.5, 0.6) is 0 Å². The monoisotopic (exact) mass is 407 g/mol. The van der Waals surface area contributed by atoms with E-state index in [1.165, 1.54) is 38.3 Å². The minimum atomic E-state index is 0.469. The van der Waals surface area contributed by atoms with Gasteiger partial charge in [-0.3, -0.25) is 9.98 Å². The van der Waals surface area contributed by atoms with Gasteiger partial charge in [-0.1, -0.05) is 19.3 Å². The number of nitrogens with two attached hydrogens (primary N) is 1. The summed E-state index contributed by atoms with van der Waals surface area (Å²) in [6.45, 7) is 1.98. The van der Waals surface area contributed by atoms with Crippen molar-refractivity contribution < 1.29 is 0 Å². The molecule has 1 fully saturated rings. The van der Waals surface area contributed by atoms with Crippen molar-refractivity contribution in [3.8, 4) is 0 Å². The van der Waals surface area contributed by atoms with Gasteiger partial charge in [0, 0.05) is 18.4 Å². The standard InChI is InChI=1S/C21H25N7S/c1-14-9-16(12-23-11-14)24-13-17(10-22)26-21-27-18-7-8-29-19(18)20(28-21)25-15-5-3-2-4-6-15/h7-13,15H,2-6,22H2,1H3,(H2,25,26,27,28). The first-order chi connectivity index (χ1) is 14.2. The van der Waals surface area contributed by atoms with Gasteiger partial charge >= 0.3 is 0 Å². The molecule has 0 spiro atoms. The first-order valence-corrected chi connectivity index (χ1v) is 10.8. The molecule has 0 bridgehead atoms. The van der Waals surface area contributed by atoms with E-state index in [-0.39, 0.29) is 0 Å². The average Bonchev–Trinajstić information content (AvgIpc) is 3.21. The van der Waals surface area contributed by atoms with E-state index < -0.39 is 0 Å². The fourth-order valence-corrected chi connectivity index (χ4v) is 4.24. The van der Waals surface area contributed by atoms with Gasteiger partial charge in [0.15, 0.2) is 0 Å². The zero-order valence-electron chi connectivity index (χ0n) is 16.4. The van der Waals surface area contributed by atoms with Crippen LogP contribution in [0.1, 0.15) is 37.7 Å². The molecule has 1 aliphatic rings. The van der Waals surface area contributed by atoms with E-state index in [1.54, 1.807) is 29.9 Å². The van der Waals surface area contributed by atoms with Crippen LogP contribution in [-0.4, -0.2) is 27.2 Å². The Bertz CT molecular complexity index is 1030. The summed E-state index contributed by atoms with van der Waals surface area (Å²) in [6, 6.07) is 4.44. The van der Waals surface area contributed by atoms with Crippen LogP contribution in [0.25, 0.3) is 10.2 Å². The number of anilines is 2. The number of hydrogen-bond acceptors (Lipinski definition) is 8. The van der Waals surface area contributed by atoms with Crippen LogP contribution in [0, 0.1) is 6.92 Å². The highest BCUT2D eigenvalue weighted by molar-refractivity contribution is 7.17. The van der Waals surface area contributed by atoms with Crippen molar-refractivity contribution in [2.75, 3.05) is 10.6 Å². The maximum Gasteiger partial charge on any atom is 0.229 e. The molecule has 0 radical (unpaired) electrons. The van der Waals surface area contributed by atoms with E-state index >= 15 is 0 Å². The minimum absolute atomic E-state index is 0.469. The molecule has 0 aromatic carbocycles. The molecule has 150 valence electrons. The summed E-state index contributed by atoms with van der Waals surface area (Å²) in [5.74, 6) is 1.38. The van der Waals surface area contributed by atoms with Crippen LogP contribution in [0.15, 0.2) is 46.8 Å². The Kier molecular flexibility index (Phi) is 6.00. The lowest BCUT2D eigenvalue weighted by atomic mass is 9.95. The first kappa shape index (κ1) is 19.3. The van der Waals surface area contributed by atoms with E-state index in [1.807, 2.05) is 24.4 Å². The molecule has 1 saturated carbocycles. The third-order valence-electron chi connectivity index (χ3n) is 4.90. The molecule has 3 aromatic heterocycles. The van der Waals surface area contributed by atoms with Crippen molar-refractivity contribution in [1.82, 2.24) is 15.0 Å². The first-order valence-electron chi connectivity index (χ1n) is 9.88. The Hall–Kier alpha value is -3.00. The third-order valence-corrected chi connectivity index (χ3v) is 5.81. The predicted octanol–water partition coefficient (Wildman–Crippen LogP) is 4.75. The van der Waals surface area contributed by atoms with Gasteiger partial charge in [0.25, 0.3) is 0 Å². The molecule has 8 heteroatoms. The summed E-state index contributed by atoms with van der Waals surface area (Å²) in [6.07, 6.45) is 12.9. The van der Waals surface area contributed by atoms with Crippen molar-refractivity contribution >= 4 is 45.2 Å². The van der Waals surface area contributed by atoms with E-state index in [4.69, 9.17) is 10.7 Å². The smallest absolute Gasteiger partial charge is 0.229 e. The molecular weight excluding hydrogens is 382 g/mol. The SMILES string of the molecule is Cc1cncc(N=CC(=CN)Nc2nc(NC3CCCCC3)c3sccc3n2)c1. The maximum atomic E-state index is 5.79. The zero-order chi connectivity index (χ0) is 20.1. The van der Waals surface area contributed by atoms with Gasteiger partial charge in [-0.25, -0.2) is 4.98 Å². The van der Waals surface area contributed by atoms with Crippen molar-refractivity contribution in [3.05, 3.63) is 47.4 Å². The van der Waals surface area contributed by atoms with Crippen LogP contribution in [0.4, 0.5) is 17.5 Å². The van der Waals surface area contributed by atoms with Crippen LogP contribution in [-0.2, 0) is 0 Å². The second-order valence-corrected chi connectivity index (χ2v) is 8.15. The van der Waals surface area contributed by atoms with Crippen LogP contribution in [0.2, 0.25) is 0 Å². The van der Waals surface area contributed by atoms with Gasteiger partial charge in [-0.15, -0.1) is 11.3 Å². The highest BCUT2D eigenvalue weighted by atomic mass is 32.1. The molecule has 0 atom stereocenters. The number of aryl methyl sites for hydroxylation is 1. The quantitative estimate of drug-likeness (QED) is 0.510. The lowest BCUT2D eigenvalue weighted by molar-refractivity contribution is 0.462. The second-order valence-electron chi connectivity index (χ2n) is 7.24. The summed E-state index contributed by atoms with van der Waals surface area (Å²) < 4.78 is 1.08. The molecule has 0 unspecified atom stereocenters. The normalized spacial score (nSPS) is 15.8. The van der Waals surface area contributed by atoms with E-state index in [0.29, 0.717) is 17.7 Å². The minimum Gasteiger partial charge on any atom is -0.403 e. The van der Waals surface area contributed by atoms with E-state index in [9.17, 15) is 0 Å². The summed E-state index contributed by atoms with van der Waals surface area (Å²) in [5, 5.41) is 8.86. The van der Waals surface area contributed by atoms with Gasteiger partial charge in [-0.05, 0) is 42.8 Å². The molecule has 3 heterocycles. The number of allylic oxidation sites excluding steroid dienone is 1. The second kappa shape index (κ2) is 9.00. The number of fused-ring (bicyclic) bond motifs is 1. The molecular formula is C21H25N7S. The molecule has 0 amide bonds. The molecule has 0 aliphatic heterocycles. The Morgan fingerprint density at radius 3 is 2.90 bits per heavy atom. The van der Waals surface area contributed by atoms with Gasteiger partial charge in [-0.2, -0.15) is 4.98 Å². The largest absolute Gasteiger partial charge is 0.403 e. The Morgan fingerprint density at radius 2 is 2.10 bits per heavy atom. The Morgan fingerprint density at radius 1 is 1.24 bits per heavy atom. The molecule has 7 nitrogen and oxygen atoms in total.